The van der Waals surface area contributed by atoms with E-state index < -0.39 is 0 Å². The van der Waals surface area contributed by atoms with Crippen LogP contribution in [0.1, 0.15) is 0 Å². The molecule has 3 rings (SSSR count). The Morgan fingerprint density at radius 2 is 1.96 bits per heavy atom. The molecule has 2 N–H and O–H groups in total. The summed E-state index contributed by atoms with van der Waals surface area (Å²) in [6.07, 6.45) is 5.13. The predicted molar refractivity (Wildman–Crippen MR) is 111 cm³/mol. The van der Waals surface area contributed by atoms with Gasteiger partial charge in [-0.1, -0.05) is 37.7 Å². The standard InChI is InChI=1S/C17H19Cl2N6P/c1-26(2)15-6-4-3-5-14(15)23-16-13(19)10-20-17(24-16)22-12-9-21-25(11-12)8-7-18/h3-6,9-11H,7-8H2,1-2H3,(H2,20,22,23,24). The van der Waals surface area contributed by atoms with Gasteiger partial charge in [-0.15, -0.1) is 11.6 Å². The van der Waals surface area contributed by atoms with E-state index in [1.54, 1.807) is 17.1 Å². The number of benzene rings is 1. The number of aromatic nitrogens is 4. The number of aryl methyl sites for hydroxylation is 1. The zero-order valence-electron chi connectivity index (χ0n) is 14.4. The summed E-state index contributed by atoms with van der Waals surface area (Å²) in [5.41, 5.74) is 1.79. The minimum absolute atomic E-state index is 0.257. The first-order chi connectivity index (χ1) is 12.6. The summed E-state index contributed by atoms with van der Waals surface area (Å²) in [5, 5.41) is 12.4. The number of anilines is 4. The summed E-state index contributed by atoms with van der Waals surface area (Å²) in [6, 6.07) is 8.17. The van der Waals surface area contributed by atoms with Crippen molar-refractivity contribution < 1.29 is 0 Å². The first kappa shape index (κ1) is 18.9. The van der Waals surface area contributed by atoms with Crippen molar-refractivity contribution in [3.8, 4) is 0 Å². The van der Waals surface area contributed by atoms with Gasteiger partial charge in [0.05, 0.1) is 24.6 Å². The van der Waals surface area contributed by atoms with Crippen LogP contribution in [0, 0.1) is 0 Å². The van der Waals surface area contributed by atoms with Crippen molar-refractivity contribution in [2.24, 2.45) is 0 Å². The number of hydrogen-bond donors (Lipinski definition) is 2. The van der Waals surface area contributed by atoms with Crippen molar-refractivity contribution in [1.82, 2.24) is 19.7 Å². The number of alkyl halides is 1. The molecule has 0 unspecified atom stereocenters. The van der Waals surface area contributed by atoms with E-state index in [9.17, 15) is 0 Å². The molecule has 0 amide bonds. The Bertz CT molecular complexity index is 883. The van der Waals surface area contributed by atoms with Crippen LogP contribution >= 0.6 is 31.1 Å². The maximum Gasteiger partial charge on any atom is 0.229 e. The van der Waals surface area contributed by atoms with Gasteiger partial charge in [-0.05, 0) is 24.7 Å². The Labute approximate surface area is 163 Å². The minimum atomic E-state index is -0.257. The van der Waals surface area contributed by atoms with E-state index in [0.717, 1.165) is 11.4 Å². The quantitative estimate of drug-likeness (QED) is 0.447. The van der Waals surface area contributed by atoms with Crippen LogP contribution < -0.4 is 15.9 Å². The summed E-state index contributed by atoms with van der Waals surface area (Å²) in [7, 11) is -0.257. The highest BCUT2D eigenvalue weighted by atomic mass is 35.5. The van der Waals surface area contributed by atoms with Gasteiger partial charge in [-0.25, -0.2) is 4.98 Å². The molecule has 26 heavy (non-hydrogen) atoms. The van der Waals surface area contributed by atoms with Crippen LogP contribution in [0.15, 0.2) is 42.9 Å². The van der Waals surface area contributed by atoms with Crippen LogP contribution in [0.2, 0.25) is 5.02 Å². The molecule has 2 aromatic heterocycles. The molecule has 0 spiro atoms. The Morgan fingerprint density at radius 3 is 2.73 bits per heavy atom. The van der Waals surface area contributed by atoms with E-state index in [4.69, 9.17) is 23.2 Å². The van der Waals surface area contributed by atoms with E-state index >= 15 is 0 Å². The van der Waals surface area contributed by atoms with Crippen molar-refractivity contribution in [2.75, 3.05) is 29.8 Å². The molecule has 0 saturated carbocycles. The molecule has 0 atom stereocenters. The SMILES string of the molecule is CP(C)c1ccccc1Nc1nc(Nc2cnn(CCCl)c2)ncc1Cl. The largest absolute Gasteiger partial charge is 0.338 e. The minimum Gasteiger partial charge on any atom is -0.338 e. The van der Waals surface area contributed by atoms with Gasteiger partial charge in [0.1, 0.15) is 5.02 Å². The van der Waals surface area contributed by atoms with Gasteiger partial charge >= 0.3 is 0 Å². The lowest BCUT2D eigenvalue weighted by atomic mass is 10.3. The Balaban J connectivity index is 1.81. The Kier molecular flexibility index (Phi) is 6.30. The average molecular weight is 409 g/mol. The van der Waals surface area contributed by atoms with Gasteiger partial charge < -0.3 is 10.6 Å². The number of nitrogens with one attached hydrogen (secondary N) is 2. The van der Waals surface area contributed by atoms with Crippen molar-refractivity contribution in [2.45, 2.75) is 6.54 Å². The van der Waals surface area contributed by atoms with Crippen LogP contribution in [0.25, 0.3) is 0 Å². The molecule has 1 aromatic carbocycles. The van der Waals surface area contributed by atoms with E-state index in [0.29, 0.717) is 29.2 Å². The fourth-order valence-electron chi connectivity index (χ4n) is 2.38. The fraction of sp³-hybridized carbons (Fsp3) is 0.235. The van der Waals surface area contributed by atoms with Crippen LogP contribution in [0.4, 0.5) is 23.1 Å². The molecule has 9 heteroatoms. The molecule has 6 nitrogen and oxygen atoms in total. The van der Waals surface area contributed by atoms with Crippen LogP contribution in [-0.4, -0.2) is 39.0 Å². The number of para-hydroxylation sites is 1. The van der Waals surface area contributed by atoms with Gasteiger partial charge in [0.25, 0.3) is 0 Å². The summed E-state index contributed by atoms with van der Waals surface area (Å²) in [5.74, 6) is 1.50. The zero-order valence-corrected chi connectivity index (χ0v) is 16.9. The highest BCUT2D eigenvalue weighted by Gasteiger charge is 2.11. The second kappa shape index (κ2) is 8.67. The van der Waals surface area contributed by atoms with E-state index in [1.807, 2.05) is 24.4 Å². The Hall–Kier alpha value is -1.88. The monoisotopic (exact) mass is 408 g/mol. The Morgan fingerprint density at radius 1 is 1.15 bits per heavy atom. The smallest absolute Gasteiger partial charge is 0.229 e. The lowest BCUT2D eigenvalue weighted by Crippen LogP contribution is -2.09. The maximum atomic E-state index is 6.29. The third-order valence-corrected chi connectivity index (χ3v) is 5.39. The van der Waals surface area contributed by atoms with Gasteiger partial charge in [0.15, 0.2) is 5.82 Å². The van der Waals surface area contributed by atoms with Crippen molar-refractivity contribution >= 4 is 59.6 Å². The summed E-state index contributed by atoms with van der Waals surface area (Å²) in [6.45, 7) is 5.07. The molecular weight excluding hydrogens is 390 g/mol. The highest BCUT2D eigenvalue weighted by Crippen LogP contribution is 2.31. The zero-order chi connectivity index (χ0) is 18.5. The molecule has 2 heterocycles. The molecule has 0 bridgehead atoms. The molecule has 0 aliphatic rings. The molecule has 136 valence electrons. The molecule has 0 aliphatic carbocycles. The van der Waals surface area contributed by atoms with Crippen molar-refractivity contribution in [1.29, 1.82) is 0 Å². The summed E-state index contributed by atoms with van der Waals surface area (Å²) in [4.78, 5) is 8.73. The normalized spacial score (nSPS) is 11.0. The molecule has 0 aliphatic heterocycles. The topological polar surface area (TPSA) is 67.7 Å². The van der Waals surface area contributed by atoms with E-state index in [2.05, 4.69) is 45.1 Å². The van der Waals surface area contributed by atoms with Crippen molar-refractivity contribution in [3.63, 3.8) is 0 Å². The van der Waals surface area contributed by atoms with E-state index in [-0.39, 0.29) is 7.92 Å². The van der Waals surface area contributed by atoms with Gasteiger partial charge in [0.2, 0.25) is 5.95 Å². The van der Waals surface area contributed by atoms with E-state index in [1.165, 1.54) is 5.30 Å². The third kappa shape index (κ3) is 4.64. The maximum absolute atomic E-state index is 6.29. The van der Waals surface area contributed by atoms with Gasteiger partial charge in [-0.3, -0.25) is 4.68 Å². The molecule has 0 radical (unpaired) electrons. The highest BCUT2D eigenvalue weighted by molar-refractivity contribution is 7.64. The second-order valence-electron chi connectivity index (χ2n) is 5.73. The predicted octanol–water partition coefficient (Wildman–Crippen LogP) is 4.42. The molecule has 0 saturated heterocycles. The lowest BCUT2D eigenvalue weighted by Gasteiger charge is -2.15. The molecule has 0 fully saturated rings. The number of hydrogen-bond acceptors (Lipinski definition) is 5. The van der Waals surface area contributed by atoms with Crippen molar-refractivity contribution in [3.05, 3.63) is 47.9 Å². The summed E-state index contributed by atoms with van der Waals surface area (Å²) >= 11 is 12.0. The van der Waals surface area contributed by atoms with Crippen LogP contribution in [0.5, 0.6) is 0 Å². The van der Waals surface area contributed by atoms with Gasteiger partial charge in [0, 0.05) is 17.8 Å². The second-order valence-corrected chi connectivity index (χ2v) is 8.79. The molecule has 3 aromatic rings. The average Bonchev–Trinajstić information content (AvgIpc) is 3.05. The number of halogens is 2. The number of rotatable bonds is 7. The van der Waals surface area contributed by atoms with Gasteiger partial charge in [-0.2, -0.15) is 10.1 Å². The summed E-state index contributed by atoms with van der Waals surface area (Å²) < 4.78 is 1.76. The third-order valence-electron chi connectivity index (χ3n) is 3.59. The van der Waals surface area contributed by atoms with Crippen LogP contribution in [0.3, 0.4) is 0 Å². The number of nitrogens with zero attached hydrogens (tertiary/aromatic N) is 4. The molecular formula is C17H19Cl2N6P. The lowest BCUT2D eigenvalue weighted by molar-refractivity contribution is 0.664. The fourth-order valence-corrected chi connectivity index (χ4v) is 3.69. The first-order valence-corrected chi connectivity index (χ1v) is 11.1. The first-order valence-electron chi connectivity index (χ1n) is 7.98. The van der Waals surface area contributed by atoms with Crippen LogP contribution in [-0.2, 0) is 6.54 Å².